The van der Waals surface area contributed by atoms with Crippen molar-refractivity contribution in [1.82, 2.24) is 20.2 Å². The molecular formula is C19H24N4O5. The van der Waals surface area contributed by atoms with Gasteiger partial charge in [-0.1, -0.05) is 0 Å². The standard InChI is InChI=1S/C19H24N4O5/c1-11(18(24)28-4)22-19(25)23-8-7-14-16(21-10-20-14)17(23)13-9-12(26-2)5-6-15(13)27-3/h5-6,9-11,17H,7-8H2,1-4H3,(H,20,21)(H,22,25)/t11-,17-/m0/s1. The molecule has 2 atom stereocenters. The lowest BCUT2D eigenvalue weighted by atomic mass is 9.95. The molecule has 0 saturated carbocycles. The quantitative estimate of drug-likeness (QED) is 0.755. The van der Waals surface area contributed by atoms with Gasteiger partial charge in [-0.15, -0.1) is 0 Å². The van der Waals surface area contributed by atoms with E-state index in [1.807, 2.05) is 6.07 Å². The molecule has 1 aromatic heterocycles. The predicted octanol–water partition coefficient (Wildman–Crippen LogP) is 1.65. The van der Waals surface area contributed by atoms with E-state index in [0.29, 0.717) is 24.5 Å². The van der Waals surface area contributed by atoms with E-state index in [4.69, 9.17) is 14.2 Å². The number of rotatable bonds is 5. The van der Waals surface area contributed by atoms with Gasteiger partial charge < -0.3 is 29.4 Å². The van der Waals surface area contributed by atoms with E-state index in [1.165, 1.54) is 7.11 Å². The van der Waals surface area contributed by atoms with Crippen molar-refractivity contribution in [2.45, 2.75) is 25.4 Å². The van der Waals surface area contributed by atoms with Crippen LogP contribution in [0.5, 0.6) is 11.5 Å². The Morgan fingerprint density at radius 2 is 2.07 bits per heavy atom. The highest BCUT2D eigenvalue weighted by Gasteiger charge is 2.37. The van der Waals surface area contributed by atoms with Crippen LogP contribution in [0.25, 0.3) is 0 Å². The maximum Gasteiger partial charge on any atom is 0.328 e. The Morgan fingerprint density at radius 3 is 2.75 bits per heavy atom. The van der Waals surface area contributed by atoms with Gasteiger partial charge in [0.15, 0.2) is 0 Å². The first-order valence-electron chi connectivity index (χ1n) is 8.89. The number of nitrogens with one attached hydrogen (secondary N) is 2. The van der Waals surface area contributed by atoms with Gasteiger partial charge in [-0.05, 0) is 25.1 Å². The first kappa shape index (κ1) is 19.5. The van der Waals surface area contributed by atoms with Crippen LogP contribution in [-0.4, -0.2) is 60.8 Å². The van der Waals surface area contributed by atoms with Crippen molar-refractivity contribution in [3.63, 3.8) is 0 Å². The lowest BCUT2D eigenvalue weighted by Gasteiger charge is -2.36. The van der Waals surface area contributed by atoms with Gasteiger partial charge in [-0.25, -0.2) is 14.6 Å². The summed E-state index contributed by atoms with van der Waals surface area (Å²) in [7, 11) is 4.43. The summed E-state index contributed by atoms with van der Waals surface area (Å²) >= 11 is 0. The number of hydrogen-bond acceptors (Lipinski definition) is 6. The molecule has 0 radical (unpaired) electrons. The number of carbonyl (C=O) groups is 2. The molecule has 0 bridgehead atoms. The third kappa shape index (κ3) is 3.60. The van der Waals surface area contributed by atoms with E-state index in [2.05, 4.69) is 15.3 Å². The van der Waals surface area contributed by atoms with Crippen LogP contribution in [0, 0.1) is 0 Å². The van der Waals surface area contributed by atoms with Gasteiger partial charge >= 0.3 is 12.0 Å². The number of methoxy groups -OCH3 is 3. The fourth-order valence-electron chi connectivity index (χ4n) is 3.37. The zero-order valence-corrected chi connectivity index (χ0v) is 16.3. The van der Waals surface area contributed by atoms with Crippen LogP contribution in [-0.2, 0) is 16.0 Å². The van der Waals surface area contributed by atoms with E-state index >= 15 is 0 Å². The zero-order chi connectivity index (χ0) is 20.3. The normalized spacial score (nSPS) is 16.7. The van der Waals surface area contributed by atoms with Crippen molar-refractivity contribution < 1.29 is 23.8 Å². The molecule has 1 aliphatic rings. The molecule has 1 aliphatic heterocycles. The minimum absolute atomic E-state index is 0.388. The number of H-pyrrole nitrogens is 1. The summed E-state index contributed by atoms with van der Waals surface area (Å²) in [5.74, 6) is 0.739. The highest BCUT2D eigenvalue weighted by atomic mass is 16.5. The second kappa shape index (κ2) is 8.20. The number of fused-ring (bicyclic) bond motifs is 1. The molecule has 1 aromatic carbocycles. The van der Waals surface area contributed by atoms with Crippen LogP contribution in [0.15, 0.2) is 24.5 Å². The molecular weight excluding hydrogens is 364 g/mol. The van der Waals surface area contributed by atoms with Crippen LogP contribution in [0.1, 0.15) is 29.9 Å². The topological polar surface area (TPSA) is 106 Å². The molecule has 0 unspecified atom stereocenters. The van der Waals surface area contributed by atoms with E-state index in [1.54, 1.807) is 44.5 Å². The van der Waals surface area contributed by atoms with Crippen LogP contribution in [0.3, 0.4) is 0 Å². The fraction of sp³-hybridized carbons (Fsp3) is 0.421. The SMILES string of the molecule is COC(=O)[C@H](C)NC(=O)N1CCc2[nH]cnc2[C@@H]1c1cc(OC)ccc1OC. The number of urea groups is 1. The second-order valence-corrected chi connectivity index (χ2v) is 6.41. The Kier molecular flexibility index (Phi) is 5.72. The number of carbonyl (C=O) groups excluding carboxylic acids is 2. The Labute approximate surface area is 163 Å². The smallest absolute Gasteiger partial charge is 0.328 e. The molecule has 3 rings (SSSR count). The van der Waals surface area contributed by atoms with E-state index in [9.17, 15) is 9.59 Å². The van der Waals surface area contributed by atoms with Gasteiger partial charge in [0.25, 0.3) is 0 Å². The first-order chi connectivity index (χ1) is 13.5. The summed E-state index contributed by atoms with van der Waals surface area (Å²) in [6.45, 7) is 2.02. The van der Waals surface area contributed by atoms with Crippen LogP contribution in [0.4, 0.5) is 4.79 Å². The number of imidazole rings is 1. The van der Waals surface area contributed by atoms with Crippen LogP contribution >= 0.6 is 0 Å². The monoisotopic (exact) mass is 388 g/mol. The average molecular weight is 388 g/mol. The van der Waals surface area contributed by atoms with Gasteiger partial charge in [0.2, 0.25) is 0 Å². The highest BCUT2D eigenvalue weighted by molar-refractivity contribution is 5.84. The lowest BCUT2D eigenvalue weighted by Crippen LogP contribution is -2.50. The highest BCUT2D eigenvalue weighted by Crippen LogP contribution is 2.39. The summed E-state index contributed by atoms with van der Waals surface area (Å²) in [5.41, 5.74) is 2.44. The third-order valence-electron chi connectivity index (χ3n) is 4.81. The molecule has 28 heavy (non-hydrogen) atoms. The third-order valence-corrected chi connectivity index (χ3v) is 4.81. The van der Waals surface area contributed by atoms with Crippen molar-refractivity contribution >= 4 is 12.0 Å². The van der Waals surface area contributed by atoms with Crippen molar-refractivity contribution in [2.75, 3.05) is 27.9 Å². The predicted molar refractivity (Wildman–Crippen MR) is 100 cm³/mol. The summed E-state index contributed by atoms with van der Waals surface area (Å²) in [4.78, 5) is 33.9. The minimum atomic E-state index is -0.772. The fourth-order valence-corrected chi connectivity index (χ4v) is 3.37. The van der Waals surface area contributed by atoms with Crippen molar-refractivity contribution in [1.29, 1.82) is 0 Å². The molecule has 0 spiro atoms. The Balaban J connectivity index is 2.02. The molecule has 9 heteroatoms. The second-order valence-electron chi connectivity index (χ2n) is 6.41. The van der Waals surface area contributed by atoms with Gasteiger partial charge in [0.05, 0.1) is 33.4 Å². The number of aromatic nitrogens is 2. The number of hydrogen-bond donors (Lipinski definition) is 2. The molecule has 2 heterocycles. The number of amides is 2. The Bertz CT molecular complexity index is 866. The number of ether oxygens (including phenoxy) is 3. The average Bonchev–Trinajstić information content (AvgIpc) is 3.20. The van der Waals surface area contributed by atoms with Gasteiger partial charge in [-0.3, -0.25) is 0 Å². The maximum absolute atomic E-state index is 13.0. The summed E-state index contributed by atoms with van der Waals surface area (Å²) in [6.07, 6.45) is 2.24. The van der Waals surface area contributed by atoms with E-state index < -0.39 is 18.1 Å². The van der Waals surface area contributed by atoms with Gasteiger partial charge in [0, 0.05) is 24.2 Å². The molecule has 150 valence electrons. The summed E-state index contributed by atoms with van der Waals surface area (Å²) in [5, 5.41) is 2.69. The first-order valence-corrected chi connectivity index (χ1v) is 8.89. The largest absolute Gasteiger partial charge is 0.497 e. The van der Waals surface area contributed by atoms with Crippen LogP contribution < -0.4 is 14.8 Å². The zero-order valence-electron chi connectivity index (χ0n) is 16.3. The number of esters is 1. The number of nitrogens with zero attached hydrogens (tertiary/aromatic N) is 2. The Morgan fingerprint density at radius 1 is 1.29 bits per heavy atom. The van der Waals surface area contributed by atoms with Crippen molar-refractivity contribution in [2.24, 2.45) is 0 Å². The van der Waals surface area contributed by atoms with Gasteiger partial charge in [-0.2, -0.15) is 0 Å². The van der Waals surface area contributed by atoms with E-state index in [-0.39, 0.29) is 6.03 Å². The maximum atomic E-state index is 13.0. The molecule has 2 aromatic rings. The number of aromatic amines is 1. The molecule has 2 amide bonds. The molecule has 9 nitrogen and oxygen atoms in total. The molecule has 0 aliphatic carbocycles. The molecule has 2 N–H and O–H groups in total. The van der Waals surface area contributed by atoms with Crippen LogP contribution in [0.2, 0.25) is 0 Å². The number of benzene rings is 1. The summed E-state index contributed by atoms with van der Waals surface area (Å²) in [6, 6.07) is 3.76. The van der Waals surface area contributed by atoms with Crippen molar-refractivity contribution in [3.8, 4) is 11.5 Å². The molecule has 0 saturated heterocycles. The van der Waals surface area contributed by atoms with Crippen molar-refractivity contribution in [3.05, 3.63) is 41.5 Å². The lowest BCUT2D eigenvalue weighted by molar-refractivity contribution is -0.142. The Hall–Kier alpha value is -3.23. The van der Waals surface area contributed by atoms with E-state index in [0.717, 1.165) is 17.0 Å². The molecule has 0 fully saturated rings. The summed E-state index contributed by atoms with van der Waals surface area (Å²) < 4.78 is 15.6. The minimum Gasteiger partial charge on any atom is -0.497 e. The van der Waals surface area contributed by atoms with Gasteiger partial charge in [0.1, 0.15) is 23.6 Å².